The van der Waals surface area contributed by atoms with Crippen molar-refractivity contribution in [3.05, 3.63) is 36.3 Å². The lowest BCUT2D eigenvalue weighted by Gasteiger charge is -2.26. The molecule has 1 aliphatic heterocycles. The zero-order valence-electron chi connectivity index (χ0n) is 15.6. The zero-order valence-corrected chi connectivity index (χ0v) is 15.6. The first kappa shape index (κ1) is 17.8. The van der Waals surface area contributed by atoms with E-state index in [1.807, 2.05) is 12.1 Å². The molecule has 0 saturated carbocycles. The summed E-state index contributed by atoms with van der Waals surface area (Å²) in [6, 6.07) is 6.60. The minimum absolute atomic E-state index is 0.604. The smallest absolute Gasteiger partial charge is 0.161 e. The van der Waals surface area contributed by atoms with Gasteiger partial charge in [-0.3, -0.25) is 9.88 Å². The predicted octanol–water partition coefficient (Wildman–Crippen LogP) is 3.63. The van der Waals surface area contributed by atoms with Gasteiger partial charge in [0, 0.05) is 48.8 Å². The number of nitrogens with one attached hydrogen (secondary N) is 1. The van der Waals surface area contributed by atoms with E-state index in [9.17, 15) is 0 Å². The van der Waals surface area contributed by atoms with E-state index in [-0.39, 0.29) is 0 Å². The van der Waals surface area contributed by atoms with Crippen LogP contribution in [-0.4, -0.2) is 45.5 Å². The fourth-order valence-electron chi connectivity index (χ4n) is 3.46. The van der Waals surface area contributed by atoms with E-state index >= 15 is 0 Å². The third-order valence-electron chi connectivity index (χ3n) is 4.70. The summed E-state index contributed by atoms with van der Waals surface area (Å²) in [5, 5.41) is 3.57. The molecule has 0 unspecified atom stereocenters. The Labute approximate surface area is 150 Å². The van der Waals surface area contributed by atoms with Crippen LogP contribution < -0.4 is 5.32 Å². The number of aromatic nitrogens is 3. The number of hydrogen-bond donors (Lipinski definition) is 1. The quantitative estimate of drug-likeness (QED) is 0.835. The second-order valence-corrected chi connectivity index (χ2v) is 7.22. The van der Waals surface area contributed by atoms with Gasteiger partial charge in [0.05, 0.1) is 0 Å². The van der Waals surface area contributed by atoms with Gasteiger partial charge in [0.15, 0.2) is 5.82 Å². The lowest BCUT2D eigenvalue weighted by atomic mass is 10.1. The summed E-state index contributed by atoms with van der Waals surface area (Å²) >= 11 is 0. The molecule has 134 valence electrons. The topological polar surface area (TPSA) is 53.9 Å². The maximum Gasteiger partial charge on any atom is 0.161 e. The summed E-state index contributed by atoms with van der Waals surface area (Å²) in [5.41, 5.74) is 2.07. The first-order chi connectivity index (χ1) is 12.2. The number of pyridine rings is 1. The minimum Gasteiger partial charge on any atom is -0.368 e. The molecular weight excluding hydrogens is 310 g/mol. The van der Waals surface area contributed by atoms with Crippen LogP contribution in [0.5, 0.6) is 0 Å². The zero-order chi connectivity index (χ0) is 17.6. The third kappa shape index (κ3) is 4.75. The number of likely N-dealkylation sites (tertiary alicyclic amines) is 1. The minimum atomic E-state index is 0.604. The average molecular weight is 339 g/mol. The molecule has 0 bridgehead atoms. The van der Waals surface area contributed by atoms with E-state index in [0.717, 1.165) is 35.9 Å². The van der Waals surface area contributed by atoms with Crippen molar-refractivity contribution in [3.63, 3.8) is 0 Å². The molecule has 0 spiro atoms. The van der Waals surface area contributed by atoms with Gasteiger partial charge in [0.25, 0.3) is 0 Å². The van der Waals surface area contributed by atoms with Gasteiger partial charge in [-0.15, -0.1) is 0 Å². The number of rotatable bonds is 7. The van der Waals surface area contributed by atoms with Gasteiger partial charge in [-0.2, -0.15) is 0 Å². The van der Waals surface area contributed by atoms with E-state index < -0.39 is 0 Å². The molecule has 3 heterocycles. The molecule has 0 aliphatic carbocycles. The number of hydrogen-bond acceptors (Lipinski definition) is 5. The Hall–Kier alpha value is -2.01. The highest BCUT2D eigenvalue weighted by Gasteiger charge is 2.24. The summed E-state index contributed by atoms with van der Waals surface area (Å²) in [4.78, 5) is 16.1. The maximum atomic E-state index is 4.73. The molecule has 2 aromatic heterocycles. The van der Waals surface area contributed by atoms with Crippen molar-refractivity contribution in [1.29, 1.82) is 0 Å². The van der Waals surface area contributed by atoms with Crippen molar-refractivity contribution >= 4 is 5.82 Å². The summed E-state index contributed by atoms with van der Waals surface area (Å²) < 4.78 is 0. The van der Waals surface area contributed by atoms with Crippen LogP contribution in [0.2, 0.25) is 0 Å². The third-order valence-corrected chi connectivity index (χ3v) is 4.70. The normalized spacial score (nSPS) is 18.0. The number of nitrogens with zero attached hydrogens (tertiary/aromatic N) is 4. The Kier molecular flexibility index (Phi) is 5.97. The fraction of sp³-hybridized carbons (Fsp3) is 0.550. The first-order valence-corrected chi connectivity index (χ1v) is 9.42. The van der Waals surface area contributed by atoms with Crippen molar-refractivity contribution in [2.24, 2.45) is 5.92 Å². The van der Waals surface area contributed by atoms with Crippen LogP contribution in [0.15, 0.2) is 30.6 Å². The van der Waals surface area contributed by atoms with Crippen molar-refractivity contribution in [2.75, 3.05) is 25.0 Å². The summed E-state index contributed by atoms with van der Waals surface area (Å²) in [6.45, 7) is 10.1. The van der Waals surface area contributed by atoms with Gasteiger partial charge >= 0.3 is 0 Å². The molecule has 0 aromatic carbocycles. The maximum absolute atomic E-state index is 4.73. The van der Waals surface area contributed by atoms with Crippen molar-refractivity contribution in [3.8, 4) is 11.4 Å². The molecule has 1 N–H and O–H groups in total. The molecule has 3 rings (SSSR count). The molecule has 1 saturated heterocycles. The lowest BCUT2D eigenvalue weighted by molar-refractivity contribution is 0.234. The first-order valence-electron chi connectivity index (χ1n) is 9.42. The highest BCUT2D eigenvalue weighted by Crippen LogP contribution is 2.21. The molecule has 0 radical (unpaired) electrons. The van der Waals surface area contributed by atoms with Gasteiger partial charge in [-0.1, -0.05) is 20.8 Å². The fourth-order valence-corrected chi connectivity index (χ4v) is 3.46. The van der Waals surface area contributed by atoms with Crippen LogP contribution in [0.3, 0.4) is 0 Å². The largest absolute Gasteiger partial charge is 0.368 e. The van der Waals surface area contributed by atoms with Crippen LogP contribution >= 0.6 is 0 Å². The Bertz CT molecular complexity index is 671. The Balaban J connectivity index is 1.72. The Morgan fingerprint density at radius 1 is 1.24 bits per heavy atom. The average Bonchev–Trinajstić information content (AvgIpc) is 3.06. The van der Waals surface area contributed by atoms with Gasteiger partial charge < -0.3 is 5.32 Å². The summed E-state index contributed by atoms with van der Waals surface area (Å²) in [7, 11) is 0. The van der Waals surface area contributed by atoms with E-state index in [0.29, 0.717) is 12.0 Å². The van der Waals surface area contributed by atoms with Crippen LogP contribution in [0.4, 0.5) is 5.82 Å². The molecule has 1 fully saturated rings. The van der Waals surface area contributed by atoms with Crippen molar-refractivity contribution < 1.29 is 0 Å². The number of anilines is 1. The highest BCUT2D eigenvalue weighted by atomic mass is 15.2. The molecule has 5 nitrogen and oxygen atoms in total. The second-order valence-electron chi connectivity index (χ2n) is 7.22. The van der Waals surface area contributed by atoms with E-state index in [1.54, 1.807) is 12.4 Å². The Morgan fingerprint density at radius 3 is 2.76 bits per heavy atom. The Morgan fingerprint density at radius 2 is 2.04 bits per heavy atom. The van der Waals surface area contributed by atoms with E-state index in [4.69, 9.17) is 4.98 Å². The van der Waals surface area contributed by atoms with Crippen molar-refractivity contribution in [1.82, 2.24) is 19.9 Å². The monoisotopic (exact) mass is 339 g/mol. The van der Waals surface area contributed by atoms with Crippen LogP contribution in [0.1, 0.15) is 39.3 Å². The van der Waals surface area contributed by atoms with Gasteiger partial charge in [0.1, 0.15) is 5.82 Å². The molecule has 25 heavy (non-hydrogen) atoms. The van der Waals surface area contributed by atoms with Crippen LogP contribution in [-0.2, 0) is 6.42 Å². The second kappa shape index (κ2) is 8.39. The highest BCUT2D eigenvalue weighted by molar-refractivity contribution is 5.56. The van der Waals surface area contributed by atoms with Gasteiger partial charge in [-0.25, -0.2) is 9.97 Å². The molecule has 5 heteroatoms. The SMILES string of the molecule is CCc1cc(NC[C@H]2CCCN2CC(C)C)nc(-c2ccncc2)n1. The molecule has 2 aromatic rings. The number of aryl methyl sites for hydroxylation is 1. The van der Waals surface area contributed by atoms with Gasteiger partial charge in [-0.05, 0) is 43.9 Å². The van der Waals surface area contributed by atoms with Crippen molar-refractivity contribution in [2.45, 2.75) is 46.1 Å². The summed E-state index contributed by atoms with van der Waals surface area (Å²) in [5.74, 6) is 2.41. The molecule has 1 atom stereocenters. The molecule has 1 aliphatic rings. The predicted molar refractivity (Wildman–Crippen MR) is 103 cm³/mol. The van der Waals surface area contributed by atoms with Crippen LogP contribution in [0, 0.1) is 5.92 Å². The lowest BCUT2D eigenvalue weighted by Crippen LogP contribution is -2.37. The van der Waals surface area contributed by atoms with E-state index in [1.165, 1.54) is 25.9 Å². The molecule has 0 amide bonds. The van der Waals surface area contributed by atoms with Gasteiger partial charge in [0.2, 0.25) is 0 Å². The van der Waals surface area contributed by atoms with E-state index in [2.05, 4.69) is 47.0 Å². The standard InChI is InChI=1S/C20H29N5/c1-4-17-12-19(24-20(23-17)16-7-9-21-10-8-16)22-13-18-6-5-11-25(18)14-15(2)3/h7-10,12,15,18H,4-6,11,13-14H2,1-3H3,(H,22,23,24)/t18-/m1/s1. The summed E-state index contributed by atoms with van der Waals surface area (Å²) in [6.07, 6.45) is 7.03. The molecular formula is C20H29N5. The van der Waals surface area contributed by atoms with Crippen LogP contribution in [0.25, 0.3) is 11.4 Å².